The van der Waals surface area contributed by atoms with Crippen LogP contribution < -0.4 is 0 Å². The lowest BCUT2D eigenvalue weighted by molar-refractivity contribution is -0.141. The summed E-state index contributed by atoms with van der Waals surface area (Å²) < 4.78 is 93.0. The summed E-state index contributed by atoms with van der Waals surface area (Å²) in [6.45, 7) is 1.43. The second-order valence-electron chi connectivity index (χ2n) is 5.91. The number of imidazole rings is 1. The average Bonchev–Trinajstić information content (AvgIpc) is 3.03. The van der Waals surface area contributed by atoms with Crippen LogP contribution >= 0.6 is 0 Å². The number of halogens is 4. The third kappa shape index (κ3) is 5.54. The van der Waals surface area contributed by atoms with Gasteiger partial charge in [-0.2, -0.15) is 13.2 Å². The predicted octanol–water partition coefficient (Wildman–Crippen LogP) is 2.34. The summed E-state index contributed by atoms with van der Waals surface area (Å²) in [5, 5.41) is 9.59. The molecule has 170 valence electrons. The number of alkyl halides is 4. The van der Waals surface area contributed by atoms with E-state index in [0.717, 1.165) is 24.5 Å². The molecular formula is C16H15F4N4O5S2-. The van der Waals surface area contributed by atoms with Gasteiger partial charge in [0.05, 0.1) is 34.1 Å². The number of nitrogens with zero attached hydrogens (tertiary/aromatic N) is 4. The van der Waals surface area contributed by atoms with Crippen molar-refractivity contribution in [2.24, 2.45) is 7.05 Å². The van der Waals surface area contributed by atoms with E-state index in [-0.39, 0.29) is 38.9 Å². The molecule has 9 nitrogen and oxygen atoms in total. The number of hydrogen-bond acceptors (Lipinski definition) is 8. The van der Waals surface area contributed by atoms with Crippen LogP contribution in [0.1, 0.15) is 12.6 Å². The summed E-state index contributed by atoms with van der Waals surface area (Å²) in [4.78, 5) is 11.2. The van der Waals surface area contributed by atoms with Crippen LogP contribution in [0.5, 0.6) is 5.75 Å². The normalized spacial score (nSPS) is 13.0. The first-order chi connectivity index (χ1) is 14.3. The molecule has 0 amide bonds. The molecule has 1 atom stereocenters. The summed E-state index contributed by atoms with van der Waals surface area (Å²) in [6, 6.07) is 0.549. The van der Waals surface area contributed by atoms with E-state index in [4.69, 9.17) is 8.76 Å². The van der Waals surface area contributed by atoms with Gasteiger partial charge in [0.25, 0.3) is 0 Å². The molecule has 15 heteroatoms. The highest BCUT2D eigenvalue weighted by Crippen LogP contribution is 2.33. The van der Waals surface area contributed by atoms with E-state index in [2.05, 4.69) is 15.0 Å². The molecule has 3 aromatic rings. The molecule has 31 heavy (non-hydrogen) atoms. The van der Waals surface area contributed by atoms with Crippen molar-refractivity contribution in [1.29, 1.82) is 0 Å². The fourth-order valence-electron chi connectivity index (χ4n) is 2.45. The summed E-state index contributed by atoms with van der Waals surface area (Å²) in [5.41, 5.74) is -0.881. The zero-order valence-electron chi connectivity index (χ0n) is 15.9. The number of aromatic hydroxyl groups is 1. The summed E-state index contributed by atoms with van der Waals surface area (Å²) in [7, 11) is -2.25. The fourth-order valence-corrected chi connectivity index (χ4v) is 3.50. The number of hydrogen-bond donors (Lipinski definition) is 1. The third-order valence-electron chi connectivity index (χ3n) is 3.91. The Morgan fingerprint density at radius 1 is 1.23 bits per heavy atom. The molecule has 1 N–H and O–H groups in total. The Balaban J connectivity index is 0.000000614. The molecule has 0 saturated heterocycles. The van der Waals surface area contributed by atoms with Crippen molar-refractivity contribution in [2.45, 2.75) is 18.0 Å². The van der Waals surface area contributed by atoms with Crippen molar-refractivity contribution in [3.05, 3.63) is 30.2 Å². The highest BCUT2D eigenvalue weighted by Gasteiger charge is 2.33. The minimum Gasteiger partial charge on any atom is -0.770 e. The Hall–Kier alpha value is -2.65. The van der Waals surface area contributed by atoms with E-state index in [0.29, 0.717) is 0 Å². The van der Waals surface area contributed by atoms with Crippen LogP contribution in [0.2, 0.25) is 0 Å². The van der Waals surface area contributed by atoms with Gasteiger partial charge in [-0.05, 0) is 17.1 Å². The second-order valence-corrected chi connectivity index (χ2v) is 8.98. The molecule has 0 saturated carbocycles. The quantitative estimate of drug-likeness (QED) is 0.441. The standard InChI is InChI=1S/C15H13F3N4O3S.CH3FO2S/c1-3-26(24,25)11-4-8(23)6-20-13(11)14-21-9-5-12(15(16,17)18)19-7-10(9)22(14)2;2-1-5(3)4/h4-7,23H,3H2,1-2H3;1H2,(H,3,4)/p-1. The van der Waals surface area contributed by atoms with Crippen LogP contribution in [-0.4, -0.2) is 53.6 Å². The first-order valence-electron chi connectivity index (χ1n) is 8.25. The molecule has 0 radical (unpaired) electrons. The molecule has 0 bridgehead atoms. The average molecular weight is 483 g/mol. The van der Waals surface area contributed by atoms with Crippen molar-refractivity contribution in [3.8, 4) is 17.3 Å². The van der Waals surface area contributed by atoms with Crippen molar-refractivity contribution in [2.75, 3.05) is 11.8 Å². The Kier molecular flexibility index (Phi) is 7.33. The van der Waals surface area contributed by atoms with Gasteiger partial charge in [-0.15, -0.1) is 0 Å². The van der Waals surface area contributed by atoms with Gasteiger partial charge in [0, 0.05) is 13.1 Å². The van der Waals surface area contributed by atoms with Gasteiger partial charge in [-0.25, -0.2) is 27.8 Å². The fraction of sp³-hybridized carbons (Fsp3) is 0.312. The Morgan fingerprint density at radius 3 is 2.35 bits per heavy atom. The lowest BCUT2D eigenvalue weighted by Gasteiger charge is -2.09. The highest BCUT2D eigenvalue weighted by molar-refractivity contribution is 7.91. The number of rotatable bonds is 4. The Morgan fingerprint density at radius 2 is 1.84 bits per heavy atom. The monoisotopic (exact) mass is 483 g/mol. The number of fused-ring (bicyclic) bond motifs is 1. The van der Waals surface area contributed by atoms with Crippen molar-refractivity contribution >= 4 is 32.0 Å². The van der Waals surface area contributed by atoms with Crippen LogP contribution in [0.25, 0.3) is 22.6 Å². The van der Waals surface area contributed by atoms with Crippen LogP contribution in [0.3, 0.4) is 0 Å². The molecule has 3 rings (SSSR count). The zero-order valence-corrected chi connectivity index (χ0v) is 17.6. The van der Waals surface area contributed by atoms with E-state index in [1.54, 1.807) is 0 Å². The van der Waals surface area contributed by atoms with Gasteiger partial charge < -0.3 is 14.2 Å². The molecule has 3 aromatic heterocycles. The minimum absolute atomic E-state index is 0.000420. The first-order valence-corrected chi connectivity index (χ1v) is 11.1. The lowest BCUT2D eigenvalue weighted by atomic mass is 10.3. The molecule has 3 heterocycles. The summed E-state index contributed by atoms with van der Waals surface area (Å²) >= 11 is -2.49. The second kappa shape index (κ2) is 9.23. The topological polar surface area (TPSA) is 138 Å². The predicted molar refractivity (Wildman–Crippen MR) is 101 cm³/mol. The Bertz CT molecular complexity index is 1230. The van der Waals surface area contributed by atoms with E-state index < -0.39 is 38.8 Å². The van der Waals surface area contributed by atoms with Crippen molar-refractivity contribution < 1.29 is 39.8 Å². The maximum Gasteiger partial charge on any atom is 0.433 e. The number of aryl methyl sites for hydroxylation is 1. The maximum atomic E-state index is 12.8. The molecular weight excluding hydrogens is 468 g/mol. The number of sulfone groups is 1. The first kappa shape index (κ1) is 24.6. The minimum atomic E-state index is -4.63. The van der Waals surface area contributed by atoms with Gasteiger partial charge in [-0.3, -0.25) is 4.21 Å². The van der Waals surface area contributed by atoms with E-state index in [1.807, 2.05) is 0 Å². The Labute approximate surface area is 176 Å². The van der Waals surface area contributed by atoms with Gasteiger partial charge in [0.2, 0.25) is 0 Å². The number of pyridine rings is 2. The molecule has 0 fully saturated rings. The largest absolute Gasteiger partial charge is 0.770 e. The van der Waals surface area contributed by atoms with Crippen LogP contribution in [-0.2, 0) is 34.1 Å². The summed E-state index contributed by atoms with van der Waals surface area (Å²) in [6.07, 6.45) is -2.56. The van der Waals surface area contributed by atoms with Crippen LogP contribution in [0.15, 0.2) is 29.4 Å². The van der Waals surface area contributed by atoms with Crippen LogP contribution in [0, 0.1) is 0 Å². The third-order valence-corrected chi connectivity index (χ3v) is 5.83. The number of aromatic nitrogens is 4. The van der Waals surface area contributed by atoms with Gasteiger partial charge in [0.1, 0.15) is 17.1 Å². The lowest BCUT2D eigenvalue weighted by Crippen LogP contribution is -2.08. The molecule has 0 aromatic carbocycles. The molecule has 0 spiro atoms. The smallest absolute Gasteiger partial charge is 0.433 e. The van der Waals surface area contributed by atoms with Gasteiger partial charge in [0.15, 0.2) is 21.7 Å². The summed E-state index contributed by atoms with van der Waals surface area (Å²) in [5.74, 6) is -0.539. The molecule has 0 aliphatic heterocycles. The maximum absolute atomic E-state index is 12.8. The van der Waals surface area contributed by atoms with Gasteiger partial charge in [-0.1, -0.05) is 6.92 Å². The van der Waals surface area contributed by atoms with Gasteiger partial charge >= 0.3 is 6.18 Å². The van der Waals surface area contributed by atoms with E-state index in [9.17, 15) is 31.1 Å². The molecule has 1 unspecified atom stereocenters. The molecule has 0 aliphatic carbocycles. The SMILES string of the molecule is CCS(=O)(=O)c1cc(O)cnc1-c1nc2cc(C(F)(F)F)ncc2n1C.O=S([O-])CF. The van der Waals surface area contributed by atoms with E-state index in [1.165, 1.54) is 18.5 Å². The zero-order chi connectivity index (χ0) is 23.6. The van der Waals surface area contributed by atoms with Crippen molar-refractivity contribution in [1.82, 2.24) is 19.5 Å². The molecule has 0 aliphatic rings. The van der Waals surface area contributed by atoms with E-state index >= 15 is 0 Å². The highest BCUT2D eigenvalue weighted by atomic mass is 32.2. The van der Waals surface area contributed by atoms with Crippen molar-refractivity contribution in [3.63, 3.8) is 0 Å². The van der Waals surface area contributed by atoms with Crippen LogP contribution in [0.4, 0.5) is 17.6 Å².